The van der Waals surface area contributed by atoms with Crippen molar-refractivity contribution in [1.29, 1.82) is 0 Å². The van der Waals surface area contributed by atoms with Crippen LogP contribution in [0.15, 0.2) is 60.7 Å². The van der Waals surface area contributed by atoms with Crippen LogP contribution in [0.1, 0.15) is 269 Å². The molecule has 1 N–H and O–H groups in total. The SMILES string of the molecule is C.C1CCOC1.CCCCCC1CCC(c2ccc(OCC3CCC(c4ccc(OCC)c(F)c4F)CC3)c(F)c2F)CC1.CCOc1ccc(C2CCC(CCl)CC2)c(F)c1F.CCOc1ccc(C2CCC(CO)CC2)c(F)c1F.CCOc1ccc(C2CCC(OC)CC2)c(F)c1F.O=S(Cl)Cl.O=[P+]([O-])O[O-].[2H]CF.[Al].[H-].[K+].[K][K].[Li+]. The largest absolute Gasteiger partial charge is 1.00 e. The molecule has 1 heterocycles. The van der Waals surface area contributed by atoms with Crippen molar-refractivity contribution in [3.05, 3.63) is 147 Å². The van der Waals surface area contributed by atoms with E-state index < -0.39 is 82.8 Å². The molecule has 643 valence electrons. The van der Waals surface area contributed by atoms with E-state index in [1.807, 2.05) is 0 Å². The van der Waals surface area contributed by atoms with Gasteiger partial charge in [0.25, 0.3) is 0 Å². The maximum atomic E-state index is 15.0. The molecule has 117 heavy (non-hydrogen) atoms. The van der Waals surface area contributed by atoms with Crippen LogP contribution >= 0.6 is 41.2 Å². The summed E-state index contributed by atoms with van der Waals surface area (Å²) < 4.78 is 215. The van der Waals surface area contributed by atoms with E-state index in [9.17, 15) is 43.9 Å². The number of aliphatic hydroxyl groups excluding tert-OH is 1. The average molecular weight is 1850 g/mol. The van der Waals surface area contributed by atoms with Crippen LogP contribution in [0.4, 0.5) is 48.3 Å². The van der Waals surface area contributed by atoms with Crippen molar-refractivity contribution in [3.8, 4) is 28.7 Å². The van der Waals surface area contributed by atoms with E-state index in [1.165, 1.54) is 126 Å². The molecule has 0 amide bonds. The van der Waals surface area contributed by atoms with Crippen molar-refractivity contribution < 1.29 is 183 Å². The number of benzene rings is 5. The summed E-state index contributed by atoms with van der Waals surface area (Å²) in [6, 6.07) is 15.9. The summed E-state index contributed by atoms with van der Waals surface area (Å²) in [4.78, 5) is 8.87. The number of methoxy groups -OCH3 is 1. The Kier molecular flexibility index (Phi) is 70.9. The van der Waals surface area contributed by atoms with E-state index in [0.29, 0.717) is 84.1 Å². The van der Waals surface area contributed by atoms with Crippen LogP contribution in [0.25, 0.3) is 0 Å². The number of rotatable bonds is 24. The van der Waals surface area contributed by atoms with Crippen molar-refractivity contribution in [2.75, 3.05) is 73.0 Å². The van der Waals surface area contributed by atoms with Gasteiger partial charge in [-0.05, 0) is 285 Å². The van der Waals surface area contributed by atoms with Crippen LogP contribution in [0.3, 0.4) is 0 Å². The zero-order chi connectivity index (χ0) is 84.7. The van der Waals surface area contributed by atoms with Gasteiger partial charge in [0, 0.05) is 71.5 Å². The molecule has 34 heteroatoms. The number of hydrogen-bond acceptors (Lipinski definition) is 13. The Bertz CT molecular complexity index is 3350. The van der Waals surface area contributed by atoms with Gasteiger partial charge in [-0.1, -0.05) is 70.4 Å². The van der Waals surface area contributed by atoms with E-state index in [0.717, 1.165) is 129 Å². The van der Waals surface area contributed by atoms with Crippen LogP contribution < -0.4 is 104 Å². The molecule has 13 nitrogen and oxygen atoms in total. The first-order chi connectivity index (χ1) is 54.8. The third-order valence-electron chi connectivity index (χ3n) is 21.2. The van der Waals surface area contributed by atoms with Crippen LogP contribution in [0.2, 0.25) is 0 Å². The van der Waals surface area contributed by atoms with Gasteiger partial charge in [-0.2, -0.15) is 22.0 Å². The minimum atomic E-state index is -3.15. The molecular formula is C83H117AlCl3F11K3LiO13PS. The summed E-state index contributed by atoms with van der Waals surface area (Å²) in [7, 11) is 4.90. The van der Waals surface area contributed by atoms with Crippen molar-refractivity contribution in [2.24, 2.45) is 23.7 Å². The fourth-order valence-electron chi connectivity index (χ4n) is 15.2. The molecule has 0 aromatic heterocycles. The smallest absolute Gasteiger partial charge is 1.00 e. The molecule has 1 unspecified atom stereocenters. The Morgan fingerprint density at radius 1 is 0.504 bits per heavy atom. The van der Waals surface area contributed by atoms with Crippen LogP contribution in [0.5, 0.6) is 28.7 Å². The Hall–Kier alpha value is 1.25. The summed E-state index contributed by atoms with van der Waals surface area (Å²) in [5, 5.41) is 17.6. The molecule has 5 saturated carbocycles. The number of aliphatic hydroxyl groups is 1. The molecule has 0 spiro atoms. The Labute approximate surface area is 818 Å². The quantitative estimate of drug-likeness (QED) is 0.00904. The fraction of sp³-hybridized carbons (Fsp3) is 0.639. The van der Waals surface area contributed by atoms with Gasteiger partial charge in [0.05, 0.1) is 47.7 Å². The van der Waals surface area contributed by atoms with E-state index >= 15 is 4.39 Å². The molecule has 5 aliphatic carbocycles. The van der Waals surface area contributed by atoms with E-state index in [2.05, 4.69) is 33.0 Å². The van der Waals surface area contributed by atoms with Gasteiger partial charge < -0.3 is 49.8 Å². The number of hydrogen-bond donors (Lipinski definition) is 1. The summed E-state index contributed by atoms with van der Waals surface area (Å²) in [6.07, 6.45) is 25.2. The molecule has 1 atom stereocenters. The zero-order valence-corrected chi connectivity index (χ0v) is 83.6. The molecule has 6 fully saturated rings. The Morgan fingerprint density at radius 3 is 0.991 bits per heavy atom. The molecular weight excluding hydrogens is 1730 g/mol. The van der Waals surface area contributed by atoms with Gasteiger partial charge in [0.15, 0.2) is 57.8 Å². The van der Waals surface area contributed by atoms with Crippen molar-refractivity contribution in [2.45, 2.75) is 245 Å². The monoisotopic (exact) mass is 1850 g/mol. The molecule has 5 aromatic carbocycles. The van der Waals surface area contributed by atoms with Crippen LogP contribution in [0, 0.1) is 81.8 Å². The molecule has 1 aliphatic heterocycles. The van der Waals surface area contributed by atoms with Gasteiger partial charge in [0.1, 0.15) is 0 Å². The standard InChI is InChI=1S/C32H42F4O2.C15H19ClF2O.2C15H20F2O2.C4H8O.CH3F.CH4.Al.Cl2OS.3K.Li.HO4P.H/c1-3-5-6-7-21-8-12-23(13-9-21)26-17-19-28(32(36)30(26)34)38-20-22-10-14-24(15-11-22)25-16-18-27(37-4-2)31(35)29(25)33;1-2-19-13-8-7-12(14(17)15(13)18)11-5-3-10(9-16)4-6-11;1-3-19-13-9-8-12(14(16)15(13)17)10-4-6-11(18-2)7-5-10;1-2-19-13-8-7-12(14(16)15(13)17)11-5-3-10(9-18)4-6-11;1-2-4-5-3-1;1-2;;;1-4(2)3;;;;;1-4-5(2)3;/h16-19,21-24H,3-15,20H2,1-2H3;7-8,10-11H,2-6,9H2,1H3;8-11H,3-7H2,1-2H3;7-8,10-11,18H,2-6,9H2,1H3;1-4H2;1H3;1H4;;;;;;;1H;/q;;;;;;;;;;;2*+1;;-1/p-1/i;;;;;1D;;;;;;;;;. The number of unbranched alkanes of at least 4 members (excludes halogenated alkanes) is 2. The van der Waals surface area contributed by atoms with E-state index in [4.69, 9.17) is 70.2 Å². The van der Waals surface area contributed by atoms with Crippen molar-refractivity contribution in [3.63, 3.8) is 0 Å². The second-order valence-corrected chi connectivity index (χ2v) is 31.6. The molecule has 3 radical (unpaired) electrons. The second-order valence-electron chi connectivity index (χ2n) is 28.2. The van der Waals surface area contributed by atoms with Crippen LogP contribution in [-0.4, -0.2) is 169 Å². The van der Waals surface area contributed by atoms with Gasteiger partial charge in [-0.3, -0.25) is 4.39 Å². The van der Waals surface area contributed by atoms with E-state index in [1.54, 1.807) is 71.2 Å². The first-order valence-electron chi connectivity index (χ1n) is 40.4. The molecule has 11 rings (SSSR count). The molecule has 1 saturated heterocycles. The zero-order valence-electron chi connectivity index (χ0n) is 71.1. The Morgan fingerprint density at radius 2 is 0.761 bits per heavy atom. The number of alkyl halides is 2. The summed E-state index contributed by atoms with van der Waals surface area (Å²) in [5.41, 5.74) is 2.25. The molecule has 0 bridgehead atoms. The van der Waals surface area contributed by atoms with Crippen molar-refractivity contribution >= 4 is 131 Å². The van der Waals surface area contributed by atoms with Gasteiger partial charge >= 0.3 is 142 Å². The number of halogens is 14. The maximum Gasteiger partial charge on any atom is 1.00 e. The minimum Gasteiger partial charge on any atom is 1.00 e. The first-order valence-corrected chi connectivity index (χ1v) is 60.1. The van der Waals surface area contributed by atoms with Gasteiger partial charge in [-0.15, -0.1) is 11.6 Å². The Balaban J connectivity index is -0.00000143. The third kappa shape index (κ3) is 42.6. The summed E-state index contributed by atoms with van der Waals surface area (Å²) >= 11 is 8.34. The predicted molar refractivity (Wildman–Crippen MR) is 435 cm³/mol. The summed E-state index contributed by atoms with van der Waals surface area (Å²) in [5.74, 6) is -5.87. The number of ether oxygens (including phenoxy) is 7. The normalized spacial score (nSPS) is 21.2. The van der Waals surface area contributed by atoms with Crippen molar-refractivity contribution in [1.82, 2.24) is 0 Å². The van der Waals surface area contributed by atoms with E-state index in [-0.39, 0.29) is 187 Å². The molecule has 5 aromatic rings. The second kappa shape index (κ2) is 70.2. The fourth-order valence-corrected chi connectivity index (χ4v) is 15.5. The van der Waals surface area contributed by atoms with Crippen LogP contribution in [-0.2, 0) is 27.9 Å². The van der Waals surface area contributed by atoms with Gasteiger partial charge in [-0.25, -0.2) is 30.8 Å². The predicted octanol–water partition coefficient (Wildman–Crippen LogP) is 16.7. The topological polar surface area (TPSA) is 174 Å². The third-order valence-corrected chi connectivity index (χ3v) is 21.8. The average Bonchev–Trinajstić information content (AvgIpc) is 1.82. The maximum absolute atomic E-state index is 15.0. The minimum absolute atomic E-state index is 0. The summed E-state index contributed by atoms with van der Waals surface area (Å²) in [6.45, 7) is 12.9. The van der Waals surface area contributed by atoms with Gasteiger partial charge in [0.2, 0.25) is 38.3 Å². The first kappa shape index (κ1) is 118. The molecule has 6 aliphatic rings.